The number of amides is 1. The summed E-state index contributed by atoms with van der Waals surface area (Å²) in [4.78, 5) is 18.2. The van der Waals surface area contributed by atoms with E-state index in [2.05, 4.69) is 63.8 Å². The van der Waals surface area contributed by atoms with Gasteiger partial charge in [0.15, 0.2) is 0 Å². The molecule has 2 fully saturated rings. The minimum atomic E-state index is -1.03. The molecule has 9 nitrogen and oxygen atoms in total. The highest BCUT2D eigenvalue weighted by molar-refractivity contribution is 6.32. The number of carbonyl (C=O) groups is 1. The maximum Gasteiger partial charge on any atom is 0.220 e. The minimum absolute atomic E-state index is 0.0718. The molecule has 0 radical (unpaired) electrons. The Labute approximate surface area is 328 Å². The van der Waals surface area contributed by atoms with Crippen LogP contribution in [-0.2, 0) is 24.4 Å². The second-order valence-corrected chi connectivity index (χ2v) is 15.6. The molecule has 4 aromatic rings. The Hall–Kier alpha value is -4.69. The highest BCUT2D eigenvalue weighted by Crippen LogP contribution is 2.44. The number of carbonyl (C=O) groups excluding carboxylic acids is 1. The van der Waals surface area contributed by atoms with Gasteiger partial charge in [0.25, 0.3) is 0 Å². The summed E-state index contributed by atoms with van der Waals surface area (Å²) in [6.45, 7) is 8.22. The number of nitriles is 1. The van der Waals surface area contributed by atoms with Crippen LogP contribution in [0.25, 0.3) is 11.1 Å². The Bertz CT molecular complexity index is 2030. The Morgan fingerprint density at radius 1 is 1.04 bits per heavy atom. The van der Waals surface area contributed by atoms with Crippen molar-refractivity contribution in [2.75, 3.05) is 32.8 Å². The third kappa shape index (κ3) is 9.58. The number of fused-ring (bicyclic) bond motifs is 1. The van der Waals surface area contributed by atoms with Gasteiger partial charge in [0, 0.05) is 74.8 Å². The monoisotopic (exact) mass is 765 g/mol. The van der Waals surface area contributed by atoms with Gasteiger partial charge in [-0.1, -0.05) is 41.9 Å². The number of benzene rings is 3. The third-order valence-corrected chi connectivity index (χ3v) is 11.4. The van der Waals surface area contributed by atoms with Gasteiger partial charge >= 0.3 is 0 Å². The Kier molecular flexibility index (Phi) is 12.2. The lowest BCUT2D eigenvalue weighted by Gasteiger charge is -2.34. The molecule has 3 heterocycles. The quantitative estimate of drug-likeness (QED) is 0.124. The van der Waals surface area contributed by atoms with E-state index in [1.165, 1.54) is 17.3 Å². The number of hydrogen-bond donors (Lipinski definition) is 2. The first-order valence-corrected chi connectivity index (χ1v) is 19.8. The van der Waals surface area contributed by atoms with Crippen molar-refractivity contribution in [2.45, 2.75) is 89.8 Å². The standard InChI is InChI=1S/C44H49ClFN5O4/c1-29-34(6-4-9-39(29)53-19-5-16-51-17-14-44(2,46)15-18-51)35-7-3-8-37-36(35)11-12-40(37)55-42-22-41(54-28-31-20-30(23-47)24-48-25-31)32(21-38(42)45)26-49-33-10-13-43(52)50-27-33/h3-4,6-9,20-22,24-25,33,40,49H,5,10-19,26-28H2,1-2H3,(H,50,52)/t33?,40-/m0/s1. The molecule has 0 saturated carbocycles. The van der Waals surface area contributed by atoms with Gasteiger partial charge in [-0.15, -0.1) is 0 Å². The summed E-state index contributed by atoms with van der Waals surface area (Å²) >= 11 is 6.93. The van der Waals surface area contributed by atoms with E-state index >= 15 is 0 Å². The summed E-state index contributed by atoms with van der Waals surface area (Å²) in [5, 5.41) is 16.3. The zero-order chi connectivity index (χ0) is 38.4. The van der Waals surface area contributed by atoms with Gasteiger partial charge in [0.2, 0.25) is 5.91 Å². The number of pyridine rings is 1. The highest BCUT2D eigenvalue weighted by Gasteiger charge is 2.30. The van der Waals surface area contributed by atoms with Gasteiger partial charge in [0.05, 0.1) is 17.2 Å². The van der Waals surface area contributed by atoms with E-state index in [0.717, 1.165) is 78.9 Å². The van der Waals surface area contributed by atoms with Crippen LogP contribution in [0.3, 0.4) is 0 Å². The van der Waals surface area contributed by atoms with E-state index in [1.54, 1.807) is 19.2 Å². The molecule has 2 atom stereocenters. The van der Waals surface area contributed by atoms with Crippen molar-refractivity contribution in [2.24, 2.45) is 0 Å². The molecule has 3 aromatic carbocycles. The third-order valence-electron chi connectivity index (χ3n) is 11.1. The lowest BCUT2D eigenvalue weighted by atomic mass is 9.93. The van der Waals surface area contributed by atoms with Crippen LogP contribution >= 0.6 is 11.6 Å². The molecular weight excluding hydrogens is 717 g/mol. The molecule has 0 bridgehead atoms. The van der Waals surface area contributed by atoms with Crippen LogP contribution in [0, 0.1) is 18.3 Å². The van der Waals surface area contributed by atoms with Gasteiger partial charge in [-0.3, -0.25) is 9.78 Å². The summed E-state index contributed by atoms with van der Waals surface area (Å²) in [6.07, 6.45) is 8.00. The summed E-state index contributed by atoms with van der Waals surface area (Å²) in [5.74, 6) is 2.11. The zero-order valence-electron chi connectivity index (χ0n) is 31.6. The highest BCUT2D eigenvalue weighted by atomic mass is 35.5. The number of aromatic nitrogens is 1. The molecule has 2 N–H and O–H groups in total. The SMILES string of the molecule is Cc1c(OCCCN2CCC(C)(F)CC2)cccc1-c1cccc2c1CC[C@@H]2Oc1cc(OCc2cncc(C#N)c2)c(CNC2CCC(=O)NC2)cc1Cl. The average Bonchev–Trinajstić information content (AvgIpc) is 3.60. The van der Waals surface area contributed by atoms with Gasteiger partial charge in [0.1, 0.15) is 41.7 Å². The van der Waals surface area contributed by atoms with Gasteiger partial charge in [-0.2, -0.15) is 5.26 Å². The first kappa shape index (κ1) is 38.6. The molecular formula is C44H49ClFN5O4. The topological polar surface area (TPSA) is 109 Å². The number of rotatable bonds is 14. The molecule has 2 saturated heterocycles. The van der Waals surface area contributed by atoms with Crippen LogP contribution in [0.4, 0.5) is 4.39 Å². The van der Waals surface area contributed by atoms with E-state index < -0.39 is 5.67 Å². The molecule has 2 aliphatic heterocycles. The van der Waals surface area contributed by atoms with E-state index in [9.17, 15) is 14.4 Å². The van der Waals surface area contributed by atoms with Gasteiger partial charge < -0.3 is 29.7 Å². The van der Waals surface area contributed by atoms with E-state index in [0.29, 0.717) is 61.0 Å². The Balaban J connectivity index is 1.05. The molecule has 55 heavy (non-hydrogen) atoms. The number of ether oxygens (including phenoxy) is 3. The fourth-order valence-electron chi connectivity index (χ4n) is 7.81. The molecule has 3 aliphatic rings. The summed E-state index contributed by atoms with van der Waals surface area (Å²) in [7, 11) is 0. The smallest absolute Gasteiger partial charge is 0.220 e. The molecule has 1 unspecified atom stereocenters. The second kappa shape index (κ2) is 17.4. The lowest BCUT2D eigenvalue weighted by molar-refractivity contribution is -0.122. The van der Waals surface area contributed by atoms with Crippen LogP contribution in [0.2, 0.25) is 5.02 Å². The fraction of sp³-hybridized carbons (Fsp3) is 0.432. The molecule has 0 spiro atoms. The van der Waals surface area contributed by atoms with Crippen molar-refractivity contribution in [3.05, 3.63) is 105 Å². The molecule has 288 valence electrons. The minimum Gasteiger partial charge on any atom is -0.493 e. The molecule has 7 rings (SSSR count). The number of likely N-dealkylation sites (tertiary alicyclic amines) is 1. The lowest BCUT2D eigenvalue weighted by Crippen LogP contribution is -2.45. The normalized spacial score (nSPS) is 19.3. The number of nitrogens with zero attached hydrogens (tertiary/aromatic N) is 3. The maximum absolute atomic E-state index is 14.2. The van der Waals surface area contributed by atoms with Crippen molar-refractivity contribution in [1.82, 2.24) is 20.5 Å². The molecule has 1 aliphatic carbocycles. The largest absolute Gasteiger partial charge is 0.493 e. The Morgan fingerprint density at radius 2 is 1.85 bits per heavy atom. The number of alkyl halides is 1. The number of halogens is 2. The van der Waals surface area contributed by atoms with Crippen molar-refractivity contribution in [3.63, 3.8) is 0 Å². The Morgan fingerprint density at radius 3 is 2.65 bits per heavy atom. The maximum atomic E-state index is 14.2. The van der Waals surface area contributed by atoms with Gasteiger partial charge in [-0.05, 0) is 98.4 Å². The number of hydrogen-bond acceptors (Lipinski definition) is 8. The first-order valence-electron chi connectivity index (χ1n) is 19.4. The van der Waals surface area contributed by atoms with Crippen LogP contribution in [0.1, 0.15) is 84.9 Å². The molecule has 1 aromatic heterocycles. The predicted octanol–water partition coefficient (Wildman–Crippen LogP) is 8.19. The number of piperidine rings is 2. The first-order chi connectivity index (χ1) is 26.7. The predicted molar refractivity (Wildman–Crippen MR) is 211 cm³/mol. The van der Waals surface area contributed by atoms with Crippen molar-refractivity contribution in [3.8, 4) is 34.4 Å². The summed E-state index contributed by atoms with van der Waals surface area (Å²) < 4.78 is 33.6. The summed E-state index contributed by atoms with van der Waals surface area (Å²) in [5.41, 5.74) is 6.89. The molecule has 11 heteroatoms. The van der Waals surface area contributed by atoms with Crippen molar-refractivity contribution >= 4 is 17.5 Å². The van der Waals surface area contributed by atoms with Gasteiger partial charge in [-0.25, -0.2) is 4.39 Å². The van der Waals surface area contributed by atoms with Crippen LogP contribution in [-0.4, -0.2) is 60.3 Å². The van der Waals surface area contributed by atoms with Crippen LogP contribution in [0.5, 0.6) is 17.2 Å². The average molecular weight is 766 g/mol. The van der Waals surface area contributed by atoms with Crippen molar-refractivity contribution in [1.29, 1.82) is 5.26 Å². The second-order valence-electron chi connectivity index (χ2n) is 15.2. The number of nitrogens with one attached hydrogen (secondary N) is 2. The zero-order valence-corrected chi connectivity index (χ0v) is 32.4. The van der Waals surface area contributed by atoms with E-state index in [-0.39, 0.29) is 24.7 Å². The molecule has 1 amide bonds. The van der Waals surface area contributed by atoms with E-state index in [1.807, 2.05) is 18.2 Å². The summed E-state index contributed by atoms with van der Waals surface area (Å²) in [6, 6.07) is 20.4. The van der Waals surface area contributed by atoms with Crippen molar-refractivity contribution < 1.29 is 23.4 Å². The van der Waals surface area contributed by atoms with E-state index in [4.69, 9.17) is 25.8 Å². The fourth-order valence-corrected chi connectivity index (χ4v) is 8.04. The van der Waals surface area contributed by atoms with Crippen LogP contribution < -0.4 is 24.8 Å². The van der Waals surface area contributed by atoms with Crippen LogP contribution in [0.15, 0.2) is 67.0 Å².